The van der Waals surface area contributed by atoms with E-state index in [0.717, 1.165) is 6.42 Å². The quantitative estimate of drug-likeness (QED) is 0.728. The molecule has 1 heterocycles. The zero-order valence-electron chi connectivity index (χ0n) is 16.8. The number of benzene rings is 2. The summed E-state index contributed by atoms with van der Waals surface area (Å²) in [6.45, 7) is 0.983. The molecule has 0 spiro atoms. The van der Waals surface area contributed by atoms with E-state index in [0.29, 0.717) is 37.1 Å². The molecule has 6 nitrogen and oxygen atoms in total. The first-order chi connectivity index (χ1) is 14.6. The Labute approximate surface area is 175 Å². The first kappa shape index (κ1) is 18.9. The fourth-order valence-corrected chi connectivity index (χ4v) is 5.37. The predicted octanol–water partition coefficient (Wildman–Crippen LogP) is 2.73. The highest BCUT2D eigenvalue weighted by atomic mass is 16.2. The molecule has 2 aromatic rings. The van der Waals surface area contributed by atoms with Crippen molar-refractivity contribution in [2.75, 3.05) is 19.6 Å². The van der Waals surface area contributed by atoms with Gasteiger partial charge in [-0.2, -0.15) is 0 Å². The highest BCUT2D eigenvalue weighted by molar-refractivity contribution is 6.01. The number of hydrogen-bond donors (Lipinski definition) is 2. The minimum absolute atomic E-state index is 0.0231. The second kappa shape index (κ2) is 7.59. The van der Waals surface area contributed by atoms with Gasteiger partial charge >= 0.3 is 6.03 Å². The van der Waals surface area contributed by atoms with Gasteiger partial charge in [-0.1, -0.05) is 48.5 Å². The standard InChI is InChI=1S/C24H25N3O3/c28-21(10-5-11-27-22(29)14-26-24(27)30)25-13-15-12-20-16-6-1-3-8-18(16)23(15)19-9-4-2-7-17(19)20/h1-4,6-9,15,20,23H,5,10-14H2,(H,25,28)(H,26,30). The summed E-state index contributed by atoms with van der Waals surface area (Å²) < 4.78 is 0. The van der Waals surface area contributed by atoms with Gasteiger partial charge in [-0.15, -0.1) is 0 Å². The molecule has 1 saturated heterocycles. The lowest BCUT2D eigenvalue weighted by Crippen LogP contribution is -2.39. The van der Waals surface area contributed by atoms with E-state index >= 15 is 0 Å². The molecule has 1 fully saturated rings. The summed E-state index contributed by atoms with van der Waals surface area (Å²) in [4.78, 5) is 36.8. The zero-order valence-corrected chi connectivity index (χ0v) is 16.8. The van der Waals surface area contributed by atoms with E-state index < -0.39 is 0 Å². The van der Waals surface area contributed by atoms with Gasteiger partial charge in [0.2, 0.25) is 11.8 Å². The molecule has 4 amide bonds. The van der Waals surface area contributed by atoms with Gasteiger partial charge in [-0.25, -0.2) is 4.79 Å². The van der Waals surface area contributed by atoms with Gasteiger partial charge in [0.25, 0.3) is 0 Å². The Morgan fingerprint density at radius 1 is 1.00 bits per heavy atom. The summed E-state index contributed by atoms with van der Waals surface area (Å²) in [5, 5.41) is 5.60. The van der Waals surface area contributed by atoms with Gasteiger partial charge in [0, 0.05) is 31.3 Å². The average Bonchev–Trinajstić information content (AvgIpc) is 3.10. The number of hydrogen-bond acceptors (Lipinski definition) is 3. The van der Waals surface area contributed by atoms with Crippen molar-refractivity contribution in [3.8, 4) is 0 Å². The van der Waals surface area contributed by atoms with Crippen molar-refractivity contribution in [3.05, 3.63) is 70.8 Å². The number of rotatable bonds is 6. The van der Waals surface area contributed by atoms with Crippen molar-refractivity contribution in [1.29, 1.82) is 0 Å². The molecule has 1 atom stereocenters. The van der Waals surface area contributed by atoms with Crippen LogP contribution in [0.2, 0.25) is 0 Å². The maximum atomic E-state index is 12.4. The minimum atomic E-state index is -0.365. The Morgan fingerprint density at radius 2 is 1.63 bits per heavy atom. The summed E-state index contributed by atoms with van der Waals surface area (Å²) in [5.74, 6) is 0.827. The van der Waals surface area contributed by atoms with Crippen LogP contribution in [0.3, 0.4) is 0 Å². The molecule has 2 N–H and O–H groups in total. The van der Waals surface area contributed by atoms with E-state index in [-0.39, 0.29) is 30.9 Å². The van der Waals surface area contributed by atoms with Crippen molar-refractivity contribution in [2.45, 2.75) is 31.1 Å². The lowest BCUT2D eigenvalue weighted by Gasteiger charge is -2.45. The number of urea groups is 1. The van der Waals surface area contributed by atoms with Crippen LogP contribution >= 0.6 is 0 Å². The third-order valence-corrected chi connectivity index (χ3v) is 6.71. The van der Waals surface area contributed by atoms with Gasteiger partial charge in [-0.3, -0.25) is 14.5 Å². The van der Waals surface area contributed by atoms with Crippen LogP contribution in [0.15, 0.2) is 48.5 Å². The number of nitrogens with one attached hydrogen (secondary N) is 2. The summed E-state index contributed by atoms with van der Waals surface area (Å²) >= 11 is 0. The Bertz CT molecular complexity index is 955. The number of amides is 4. The van der Waals surface area contributed by atoms with Gasteiger partial charge in [0.05, 0.1) is 6.54 Å². The molecule has 3 aliphatic carbocycles. The molecule has 1 aliphatic heterocycles. The van der Waals surface area contributed by atoms with Gasteiger partial charge in [-0.05, 0) is 41.0 Å². The van der Waals surface area contributed by atoms with Crippen LogP contribution in [-0.2, 0) is 9.59 Å². The van der Waals surface area contributed by atoms with E-state index in [1.54, 1.807) is 0 Å². The number of nitrogens with zero attached hydrogens (tertiary/aromatic N) is 1. The third-order valence-electron chi connectivity index (χ3n) is 6.71. The first-order valence-corrected chi connectivity index (χ1v) is 10.7. The van der Waals surface area contributed by atoms with Crippen LogP contribution in [0.5, 0.6) is 0 Å². The smallest absolute Gasteiger partial charge is 0.324 e. The van der Waals surface area contributed by atoms with Crippen molar-refractivity contribution >= 4 is 17.8 Å². The molecule has 2 bridgehead atoms. The topological polar surface area (TPSA) is 78.5 Å². The minimum Gasteiger partial charge on any atom is -0.356 e. The van der Waals surface area contributed by atoms with Crippen molar-refractivity contribution < 1.29 is 14.4 Å². The fraction of sp³-hybridized carbons (Fsp3) is 0.375. The number of fused-ring (bicyclic) bond motifs is 1. The van der Waals surface area contributed by atoms with Crippen LogP contribution in [0.1, 0.15) is 53.4 Å². The summed E-state index contributed by atoms with van der Waals surface area (Å²) in [6.07, 6.45) is 1.83. The molecule has 154 valence electrons. The van der Waals surface area contributed by atoms with Crippen LogP contribution < -0.4 is 10.6 Å². The summed E-state index contributed by atoms with van der Waals surface area (Å²) in [6, 6.07) is 17.0. The maximum Gasteiger partial charge on any atom is 0.324 e. The van der Waals surface area contributed by atoms with Crippen molar-refractivity contribution in [3.63, 3.8) is 0 Å². The Balaban J connectivity index is 1.22. The SMILES string of the molecule is O=C(CCCN1C(=O)CNC1=O)NCC1CC2c3ccccc3C1c1ccccc12. The van der Waals surface area contributed by atoms with Crippen LogP contribution in [0.4, 0.5) is 4.79 Å². The Hall–Kier alpha value is -3.15. The van der Waals surface area contributed by atoms with E-state index in [1.807, 2.05) is 0 Å². The molecule has 0 saturated carbocycles. The lowest BCUT2D eigenvalue weighted by molar-refractivity contribution is -0.126. The fourth-order valence-electron chi connectivity index (χ4n) is 5.37. The molecule has 2 aromatic carbocycles. The van der Waals surface area contributed by atoms with Crippen LogP contribution in [-0.4, -0.2) is 42.4 Å². The average molecular weight is 403 g/mol. The highest BCUT2D eigenvalue weighted by Crippen LogP contribution is 2.55. The number of carbonyl (C=O) groups is 3. The molecule has 1 unspecified atom stereocenters. The van der Waals surface area contributed by atoms with E-state index in [9.17, 15) is 14.4 Å². The van der Waals surface area contributed by atoms with Gasteiger partial charge < -0.3 is 10.6 Å². The molecule has 30 heavy (non-hydrogen) atoms. The van der Waals surface area contributed by atoms with Crippen LogP contribution in [0, 0.1) is 5.92 Å². The monoisotopic (exact) mass is 403 g/mol. The summed E-state index contributed by atoms with van der Waals surface area (Å²) in [5.41, 5.74) is 5.64. The second-order valence-electron chi connectivity index (χ2n) is 8.40. The predicted molar refractivity (Wildman–Crippen MR) is 112 cm³/mol. The van der Waals surface area contributed by atoms with E-state index in [4.69, 9.17) is 0 Å². The van der Waals surface area contributed by atoms with Gasteiger partial charge in [0.1, 0.15) is 0 Å². The highest BCUT2D eigenvalue weighted by Gasteiger charge is 2.42. The largest absolute Gasteiger partial charge is 0.356 e. The second-order valence-corrected chi connectivity index (χ2v) is 8.40. The third kappa shape index (κ3) is 3.16. The van der Waals surface area contributed by atoms with E-state index in [2.05, 4.69) is 59.2 Å². The van der Waals surface area contributed by atoms with Gasteiger partial charge in [0.15, 0.2) is 0 Å². The molecule has 4 aliphatic rings. The number of carbonyl (C=O) groups excluding carboxylic acids is 3. The molecule has 6 rings (SSSR count). The lowest BCUT2D eigenvalue weighted by atomic mass is 9.59. The Kier molecular flexibility index (Phi) is 4.77. The van der Waals surface area contributed by atoms with Crippen molar-refractivity contribution in [1.82, 2.24) is 15.5 Å². The molecular formula is C24H25N3O3. The normalized spacial score (nSPS) is 23.7. The molecule has 6 heteroatoms. The van der Waals surface area contributed by atoms with Crippen LogP contribution in [0.25, 0.3) is 0 Å². The zero-order chi connectivity index (χ0) is 20.7. The molecular weight excluding hydrogens is 378 g/mol. The Morgan fingerprint density at radius 3 is 2.23 bits per heavy atom. The molecule has 0 radical (unpaired) electrons. The first-order valence-electron chi connectivity index (χ1n) is 10.7. The van der Waals surface area contributed by atoms with Crippen molar-refractivity contribution in [2.24, 2.45) is 5.92 Å². The van der Waals surface area contributed by atoms with E-state index in [1.165, 1.54) is 27.2 Å². The maximum absolute atomic E-state index is 12.4. The number of imide groups is 1. The summed E-state index contributed by atoms with van der Waals surface area (Å²) in [7, 11) is 0. The molecule has 0 aromatic heterocycles.